The number of urea groups is 1. The zero-order chi connectivity index (χ0) is 38.5. The van der Waals surface area contributed by atoms with Crippen LogP contribution >= 0.6 is 11.3 Å². The van der Waals surface area contributed by atoms with Crippen LogP contribution in [0, 0.1) is 5.92 Å². The van der Waals surface area contributed by atoms with Crippen molar-refractivity contribution in [3.8, 4) is 0 Å². The third-order valence-corrected chi connectivity index (χ3v) is 11.3. The van der Waals surface area contributed by atoms with Crippen molar-refractivity contribution >= 4 is 58.0 Å². The van der Waals surface area contributed by atoms with Crippen LogP contribution in [0.3, 0.4) is 0 Å². The van der Waals surface area contributed by atoms with E-state index in [1.807, 2.05) is 13.0 Å². The number of piperidine rings is 1. The zero-order valence-electron chi connectivity index (χ0n) is 30.7. The van der Waals surface area contributed by atoms with Crippen LogP contribution in [0.1, 0.15) is 64.9 Å². The van der Waals surface area contributed by atoms with Crippen molar-refractivity contribution in [2.45, 2.75) is 108 Å². The highest BCUT2D eigenvalue weighted by molar-refractivity contribution is 7.13. The van der Waals surface area contributed by atoms with Gasteiger partial charge < -0.3 is 35.4 Å². The molecule has 290 valence electrons. The number of rotatable bonds is 6. The number of benzene rings is 1. The van der Waals surface area contributed by atoms with E-state index in [1.165, 1.54) is 39.2 Å². The summed E-state index contributed by atoms with van der Waals surface area (Å²) in [6, 6.07) is 1.97. The molecule has 0 unspecified atom stereocenters. The number of carbonyl (C=O) groups is 7. The Morgan fingerprint density at radius 1 is 0.907 bits per heavy atom. The summed E-state index contributed by atoms with van der Waals surface area (Å²) in [5.74, 6) is -3.49. The van der Waals surface area contributed by atoms with Crippen molar-refractivity contribution in [3.63, 3.8) is 0 Å². The van der Waals surface area contributed by atoms with Gasteiger partial charge in [-0.2, -0.15) is 0 Å². The second-order valence-corrected chi connectivity index (χ2v) is 15.5. The number of carbonyl (C=O) groups excluding carboxylic acids is 7. The SMILES string of the molecule is C[C@@H]1C[C@H]2C(=O)O[C@@H](C)[C@H](NC(=O)[C@H](Cc3ccccc3)NC(=O)Nc3nccs3)C(=O)N3CCC[C@H]3C(=O)N3CCCC[C@H]3C(=O)N[C@@H](C)C(=O)N2C1. The van der Waals surface area contributed by atoms with Crippen LogP contribution in [0.15, 0.2) is 41.9 Å². The minimum absolute atomic E-state index is 0.0546. The van der Waals surface area contributed by atoms with E-state index in [0.717, 1.165) is 5.56 Å². The monoisotopic (exact) mass is 764 g/mol. The van der Waals surface area contributed by atoms with E-state index < -0.39 is 83.9 Å². The summed E-state index contributed by atoms with van der Waals surface area (Å²) in [5.41, 5.74) is 0.732. The summed E-state index contributed by atoms with van der Waals surface area (Å²) in [6.45, 7) is 5.72. The molecule has 2 aromatic rings. The number of anilines is 1. The Hall–Kier alpha value is -5.06. The summed E-state index contributed by atoms with van der Waals surface area (Å²) in [4.78, 5) is 106. The van der Waals surface area contributed by atoms with Crippen LogP contribution in [0.25, 0.3) is 0 Å². The molecule has 4 saturated heterocycles. The molecule has 4 aliphatic rings. The second-order valence-electron chi connectivity index (χ2n) is 14.6. The van der Waals surface area contributed by atoms with Crippen molar-refractivity contribution in [1.29, 1.82) is 0 Å². The van der Waals surface area contributed by atoms with Crippen LogP contribution in [0.4, 0.5) is 9.93 Å². The quantitative estimate of drug-likeness (QED) is 0.314. The highest BCUT2D eigenvalue weighted by Crippen LogP contribution is 2.29. The third-order valence-electron chi connectivity index (χ3n) is 10.6. The highest BCUT2D eigenvalue weighted by atomic mass is 32.1. The van der Waals surface area contributed by atoms with Gasteiger partial charge in [0.15, 0.2) is 5.13 Å². The molecule has 4 aliphatic heterocycles. The maximum Gasteiger partial charge on any atom is 0.329 e. The first-order chi connectivity index (χ1) is 25.9. The Kier molecular flexibility index (Phi) is 12.1. The molecule has 4 fully saturated rings. The summed E-state index contributed by atoms with van der Waals surface area (Å²) in [7, 11) is 0. The first kappa shape index (κ1) is 38.7. The van der Waals surface area contributed by atoms with E-state index in [4.69, 9.17) is 4.74 Å². The van der Waals surface area contributed by atoms with Gasteiger partial charge >= 0.3 is 12.0 Å². The van der Waals surface area contributed by atoms with Crippen LogP contribution in [-0.2, 0) is 39.9 Å². The Labute approximate surface area is 317 Å². The molecule has 6 rings (SSSR count). The molecular formula is C37H48N8O8S. The van der Waals surface area contributed by atoms with Gasteiger partial charge in [-0.15, -0.1) is 11.3 Å². The average Bonchev–Trinajstić information content (AvgIpc) is 3.94. The largest absolute Gasteiger partial charge is 0.458 e. The maximum atomic E-state index is 14.6. The van der Waals surface area contributed by atoms with Crippen molar-refractivity contribution in [1.82, 2.24) is 35.6 Å². The molecule has 0 spiro atoms. The highest BCUT2D eigenvalue weighted by Gasteiger charge is 2.47. The van der Waals surface area contributed by atoms with Crippen LogP contribution in [0.5, 0.6) is 0 Å². The smallest absolute Gasteiger partial charge is 0.329 e. The fourth-order valence-electron chi connectivity index (χ4n) is 7.86. The van der Waals surface area contributed by atoms with Crippen LogP contribution in [0.2, 0.25) is 0 Å². The molecule has 1 aromatic heterocycles. The van der Waals surface area contributed by atoms with Gasteiger partial charge in [0.1, 0.15) is 42.4 Å². The Bertz CT molecular complexity index is 1730. The molecule has 5 heterocycles. The number of hydrogen-bond donors (Lipinski definition) is 4. The summed E-state index contributed by atoms with van der Waals surface area (Å²) in [6.07, 6.45) is 3.27. The molecular weight excluding hydrogens is 717 g/mol. The number of cyclic esters (lactones) is 1. The molecule has 0 bridgehead atoms. The van der Waals surface area contributed by atoms with Gasteiger partial charge in [0.05, 0.1) is 0 Å². The normalized spacial score (nSPS) is 28.7. The molecule has 8 atom stereocenters. The fraction of sp³-hybridized carbons (Fsp3) is 0.568. The Morgan fingerprint density at radius 2 is 1.63 bits per heavy atom. The second kappa shape index (κ2) is 17.0. The molecule has 0 aliphatic carbocycles. The van der Waals surface area contributed by atoms with Gasteiger partial charge in [0.2, 0.25) is 29.5 Å². The summed E-state index contributed by atoms with van der Waals surface area (Å²) >= 11 is 1.20. The number of thiazole rings is 1. The number of esters is 1. The molecule has 7 amide bonds. The molecule has 4 N–H and O–H groups in total. The van der Waals surface area contributed by atoms with E-state index in [-0.39, 0.29) is 25.4 Å². The minimum atomic E-state index is -1.47. The lowest BCUT2D eigenvalue weighted by molar-refractivity contribution is -0.163. The lowest BCUT2D eigenvalue weighted by Gasteiger charge is -2.39. The minimum Gasteiger partial charge on any atom is -0.458 e. The Morgan fingerprint density at radius 3 is 2.37 bits per heavy atom. The number of nitrogens with one attached hydrogen (secondary N) is 4. The number of nitrogens with zero attached hydrogens (tertiary/aromatic N) is 4. The third kappa shape index (κ3) is 8.66. The summed E-state index contributed by atoms with van der Waals surface area (Å²) < 4.78 is 5.93. The molecule has 0 radical (unpaired) electrons. The van der Waals surface area contributed by atoms with Gasteiger partial charge in [-0.05, 0) is 63.9 Å². The topological polar surface area (TPSA) is 199 Å². The predicted molar refractivity (Wildman–Crippen MR) is 197 cm³/mol. The van der Waals surface area contributed by atoms with E-state index in [2.05, 4.69) is 26.3 Å². The molecule has 17 heteroatoms. The first-order valence-electron chi connectivity index (χ1n) is 18.6. The standard InChI is InChI=1S/C37H48N8O8S/c1-21-18-28-35(51)53-23(3)29(41-30(46)25(19-24-10-5-4-6-11-24)40-36(52)42-37-38-14-17-54-37)34(50)44-16-9-13-27(44)33(49)43-15-8-7-12-26(43)31(47)39-22(2)32(48)45(28)20-21/h4-6,10-11,14,17,21-23,25-29H,7-9,12-13,15-16,18-20H2,1-3H3,(H,39,47)(H,41,46)(H2,38,40,42,52)/t21-,22+,23+,25+,26+,27+,28+,29+/m1/s1. The molecule has 54 heavy (non-hydrogen) atoms. The molecule has 16 nitrogen and oxygen atoms in total. The van der Waals surface area contributed by atoms with E-state index >= 15 is 0 Å². The van der Waals surface area contributed by atoms with Crippen molar-refractivity contribution < 1.29 is 38.3 Å². The van der Waals surface area contributed by atoms with E-state index in [1.54, 1.807) is 36.6 Å². The number of amides is 7. The van der Waals surface area contributed by atoms with Crippen LogP contribution < -0.4 is 21.3 Å². The number of aromatic nitrogens is 1. The lowest BCUT2D eigenvalue weighted by atomic mass is 9.99. The number of ether oxygens (including phenoxy) is 1. The van der Waals surface area contributed by atoms with Crippen LogP contribution in [-0.4, -0.2) is 123 Å². The lowest BCUT2D eigenvalue weighted by Crippen LogP contribution is -2.63. The number of hydrogen-bond acceptors (Lipinski definition) is 10. The first-order valence-corrected chi connectivity index (χ1v) is 19.5. The van der Waals surface area contributed by atoms with Gasteiger partial charge in [-0.1, -0.05) is 37.3 Å². The van der Waals surface area contributed by atoms with E-state index in [0.29, 0.717) is 50.2 Å². The van der Waals surface area contributed by atoms with Gasteiger partial charge in [0.25, 0.3) is 0 Å². The maximum absolute atomic E-state index is 14.6. The number of fused-ring (bicyclic) bond motifs is 3. The Balaban J connectivity index is 1.33. The van der Waals surface area contributed by atoms with Crippen molar-refractivity contribution in [3.05, 3.63) is 47.5 Å². The predicted octanol–water partition coefficient (Wildman–Crippen LogP) is 1.42. The zero-order valence-corrected chi connectivity index (χ0v) is 31.5. The average molecular weight is 765 g/mol. The molecule has 1 aromatic carbocycles. The van der Waals surface area contributed by atoms with Gasteiger partial charge in [0, 0.05) is 37.6 Å². The van der Waals surface area contributed by atoms with E-state index in [9.17, 15) is 33.6 Å². The summed E-state index contributed by atoms with van der Waals surface area (Å²) in [5, 5.41) is 12.9. The van der Waals surface area contributed by atoms with Crippen molar-refractivity contribution in [2.24, 2.45) is 5.92 Å². The molecule has 0 saturated carbocycles. The van der Waals surface area contributed by atoms with Crippen molar-refractivity contribution in [2.75, 3.05) is 25.0 Å². The fourth-order valence-corrected chi connectivity index (χ4v) is 8.38. The van der Waals surface area contributed by atoms with Gasteiger partial charge in [-0.25, -0.2) is 14.6 Å². The van der Waals surface area contributed by atoms with Gasteiger partial charge in [-0.3, -0.25) is 29.3 Å².